The maximum Gasteiger partial charge on any atom is 0.230 e. The summed E-state index contributed by atoms with van der Waals surface area (Å²) in [4.78, 5) is 25.7. The van der Waals surface area contributed by atoms with Gasteiger partial charge in [0, 0.05) is 6.54 Å². The highest BCUT2D eigenvalue weighted by Gasteiger charge is 2.39. The molecule has 1 fully saturated rings. The molecule has 0 aromatic heterocycles. The standard InChI is InChI=1S/C19H25NO2/c1-12-11-20(19(22)8-13(2)21)18-10-16(12)9-17(14(18)3)15-6-4-5-7-15/h6,16,18H,1,4-5,7-11H2,2-3H3. The second-order valence-electron chi connectivity index (χ2n) is 6.99. The van der Waals surface area contributed by atoms with Crippen molar-refractivity contribution in [3.8, 4) is 0 Å². The molecule has 1 heterocycles. The van der Waals surface area contributed by atoms with Crippen molar-refractivity contribution in [1.82, 2.24) is 4.90 Å². The summed E-state index contributed by atoms with van der Waals surface area (Å²) < 4.78 is 0. The molecule has 0 aromatic carbocycles. The molecule has 2 unspecified atom stereocenters. The van der Waals surface area contributed by atoms with Gasteiger partial charge in [-0.25, -0.2) is 0 Å². The third-order valence-corrected chi connectivity index (χ3v) is 5.41. The number of hydrogen-bond acceptors (Lipinski definition) is 2. The number of rotatable bonds is 3. The number of allylic oxidation sites excluding steroid dienone is 3. The second kappa shape index (κ2) is 5.86. The molecule has 3 heteroatoms. The number of amides is 1. The van der Waals surface area contributed by atoms with Crippen LogP contribution in [0.2, 0.25) is 0 Å². The third kappa shape index (κ3) is 2.69. The van der Waals surface area contributed by atoms with Crippen molar-refractivity contribution in [1.29, 1.82) is 0 Å². The van der Waals surface area contributed by atoms with E-state index in [1.165, 1.54) is 42.9 Å². The Morgan fingerprint density at radius 3 is 2.82 bits per heavy atom. The van der Waals surface area contributed by atoms with Crippen LogP contribution in [-0.2, 0) is 9.59 Å². The molecule has 118 valence electrons. The van der Waals surface area contributed by atoms with Crippen molar-refractivity contribution in [2.24, 2.45) is 5.92 Å². The molecule has 22 heavy (non-hydrogen) atoms. The number of Topliss-reactive ketones (excluding diaryl/α,β-unsaturated/α-hetero) is 1. The fourth-order valence-electron chi connectivity index (χ4n) is 4.17. The van der Waals surface area contributed by atoms with Gasteiger partial charge in [-0.1, -0.05) is 18.2 Å². The average Bonchev–Trinajstić information content (AvgIpc) is 2.98. The van der Waals surface area contributed by atoms with Gasteiger partial charge in [0.2, 0.25) is 5.91 Å². The monoisotopic (exact) mass is 299 g/mol. The molecule has 0 saturated carbocycles. The van der Waals surface area contributed by atoms with Crippen LogP contribution in [0, 0.1) is 5.92 Å². The minimum Gasteiger partial charge on any atom is -0.332 e. The Kier molecular flexibility index (Phi) is 4.07. The fourth-order valence-corrected chi connectivity index (χ4v) is 4.17. The molecule has 1 amide bonds. The molecule has 0 spiro atoms. The van der Waals surface area contributed by atoms with Gasteiger partial charge in [-0.05, 0) is 68.6 Å². The van der Waals surface area contributed by atoms with Crippen LogP contribution in [0.4, 0.5) is 0 Å². The first-order chi connectivity index (χ1) is 10.5. The molecule has 0 aromatic rings. The van der Waals surface area contributed by atoms with Gasteiger partial charge in [0.25, 0.3) is 0 Å². The molecule has 0 radical (unpaired) electrons. The number of fused-ring (bicyclic) bond motifs is 2. The van der Waals surface area contributed by atoms with Gasteiger partial charge in [-0.2, -0.15) is 0 Å². The zero-order chi connectivity index (χ0) is 15.9. The van der Waals surface area contributed by atoms with Gasteiger partial charge in [0.1, 0.15) is 5.78 Å². The number of nitrogens with zero attached hydrogens (tertiary/aromatic N) is 1. The van der Waals surface area contributed by atoms with Crippen LogP contribution in [0.1, 0.15) is 52.4 Å². The van der Waals surface area contributed by atoms with Crippen molar-refractivity contribution < 1.29 is 9.59 Å². The Hall–Kier alpha value is -1.64. The molecular weight excluding hydrogens is 274 g/mol. The van der Waals surface area contributed by atoms with E-state index in [0.29, 0.717) is 12.5 Å². The Morgan fingerprint density at radius 2 is 2.18 bits per heavy atom. The van der Waals surface area contributed by atoms with Gasteiger partial charge >= 0.3 is 0 Å². The summed E-state index contributed by atoms with van der Waals surface area (Å²) in [5.41, 5.74) is 5.44. The number of piperidine rings is 1. The number of ketones is 1. The molecule has 0 N–H and O–H groups in total. The van der Waals surface area contributed by atoms with Crippen LogP contribution < -0.4 is 0 Å². The zero-order valence-corrected chi connectivity index (χ0v) is 13.7. The second-order valence-corrected chi connectivity index (χ2v) is 6.99. The minimum atomic E-state index is -0.0612. The quantitative estimate of drug-likeness (QED) is 0.590. The smallest absolute Gasteiger partial charge is 0.230 e. The van der Waals surface area contributed by atoms with Crippen LogP contribution in [0.3, 0.4) is 0 Å². The van der Waals surface area contributed by atoms with Crippen molar-refractivity contribution in [2.45, 2.75) is 58.4 Å². The zero-order valence-electron chi connectivity index (χ0n) is 13.7. The SMILES string of the molecule is C=C1CN(C(=O)CC(C)=O)C2CC1CC(C1=CCCC1)=C2C. The Morgan fingerprint density at radius 1 is 1.41 bits per heavy atom. The predicted octanol–water partition coefficient (Wildman–Crippen LogP) is 3.57. The van der Waals surface area contributed by atoms with Crippen LogP contribution in [0.15, 0.2) is 34.9 Å². The summed E-state index contributed by atoms with van der Waals surface area (Å²) in [5.74, 6) is 0.388. The predicted molar refractivity (Wildman–Crippen MR) is 87.3 cm³/mol. The van der Waals surface area contributed by atoms with Crippen molar-refractivity contribution >= 4 is 11.7 Å². The van der Waals surface area contributed by atoms with Crippen LogP contribution in [0.5, 0.6) is 0 Å². The number of hydrogen-bond donors (Lipinski definition) is 0. The van der Waals surface area contributed by atoms with E-state index in [0.717, 1.165) is 18.4 Å². The highest BCUT2D eigenvalue weighted by molar-refractivity contribution is 5.97. The molecule has 1 saturated heterocycles. The number of carbonyl (C=O) groups is 2. The minimum absolute atomic E-state index is 0.0136. The van der Waals surface area contributed by atoms with E-state index in [-0.39, 0.29) is 24.2 Å². The van der Waals surface area contributed by atoms with Crippen molar-refractivity contribution in [3.05, 3.63) is 34.9 Å². The van der Waals surface area contributed by atoms with Crippen LogP contribution >= 0.6 is 0 Å². The van der Waals surface area contributed by atoms with E-state index in [1.807, 2.05) is 4.90 Å². The molecule has 2 aliphatic carbocycles. The first-order valence-electron chi connectivity index (χ1n) is 8.33. The Bertz CT molecular complexity index is 597. The summed E-state index contributed by atoms with van der Waals surface area (Å²) in [6.07, 6.45) is 8.03. The molecule has 2 atom stereocenters. The lowest BCUT2D eigenvalue weighted by molar-refractivity contribution is -0.136. The molecule has 3 rings (SSSR count). The first-order valence-corrected chi connectivity index (χ1v) is 8.33. The maximum absolute atomic E-state index is 12.5. The maximum atomic E-state index is 12.5. The summed E-state index contributed by atoms with van der Waals surface area (Å²) in [6.45, 7) is 8.49. The highest BCUT2D eigenvalue weighted by Crippen LogP contribution is 2.44. The van der Waals surface area contributed by atoms with E-state index < -0.39 is 0 Å². The van der Waals surface area contributed by atoms with E-state index >= 15 is 0 Å². The number of likely N-dealkylation sites (tertiary alicyclic amines) is 1. The topological polar surface area (TPSA) is 37.4 Å². The van der Waals surface area contributed by atoms with E-state index in [1.54, 1.807) is 0 Å². The van der Waals surface area contributed by atoms with Crippen LogP contribution in [0.25, 0.3) is 0 Å². The van der Waals surface area contributed by atoms with E-state index in [2.05, 4.69) is 19.6 Å². The highest BCUT2D eigenvalue weighted by atomic mass is 16.2. The molecule has 1 aliphatic heterocycles. The Balaban J connectivity index is 1.92. The van der Waals surface area contributed by atoms with E-state index in [4.69, 9.17) is 0 Å². The normalized spacial score (nSPS) is 28.0. The van der Waals surface area contributed by atoms with Gasteiger partial charge in [0.15, 0.2) is 0 Å². The van der Waals surface area contributed by atoms with Gasteiger partial charge in [-0.15, -0.1) is 0 Å². The fraction of sp³-hybridized carbons (Fsp3) is 0.579. The van der Waals surface area contributed by atoms with Crippen molar-refractivity contribution in [3.63, 3.8) is 0 Å². The Labute approximate surface area is 132 Å². The third-order valence-electron chi connectivity index (χ3n) is 5.41. The van der Waals surface area contributed by atoms with Gasteiger partial charge in [-0.3, -0.25) is 9.59 Å². The number of carbonyl (C=O) groups excluding carboxylic acids is 2. The molecule has 3 aliphatic rings. The summed E-state index contributed by atoms with van der Waals surface area (Å²) in [6, 6.07) is 0.160. The molecule has 3 nitrogen and oxygen atoms in total. The molecular formula is C19H25NO2. The lowest BCUT2D eigenvalue weighted by Crippen LogP contribution is -2.50. The first kappa shape index (κ1) is 15.3. The summed E-state index contributed by atoms with van der Waals surface area (Å²) in [7, 11) is 0. The largest absolute Gasteiger partial charge is 0.332 e. The van der Waals surface area contributed by atoms with Gasteiger partial charge in [0.05, 0.1) is 12.5 Å². The summed E-state index contributed by atoms with van der Waals surface area (Å²) >= 11 is 0. The lowest BCUT2D eigenvalue weighted by Gasteiger charge is -2.46. The van der Waals surface area contributed by atoms with Crippen LogP contribution in [-0.4, -0.2) is 29.2 Å². The summed E-state index contributed by atoms with van der Waals surface area (Å²) in [5, 5.41) is 0. The molecule has 2 bridgehead atoms. The van der Waals surface area contributed by atoms with E-state index in [9.17, 15) is 9.59 Å². The van der Waals surface area contributed by atoms with Gasteiger partial charge < -0.3 is 4.90 Å². The lowest BCUT2D eigenvalue weighted by atomic mass is 9.72. The average molecular weight is 299 g/mol. The van der Waals surface area contributed by atoms with Crippen molar-refractivity contribution in [2.75, 3.05) is 6.54 Å².